The van der Waals surface area contributed by atoms with E-state index >= 15 is 0 Å². The van der Waals surface area contributed by atoms with Crippen molar-refractivity contribution in [3.63, 3.8) is 0 Å². The minimum Gasteiger partial charge on any atom is -0.480 e. The quantitative estimate of drug-likeness (QED) is 0.327. The average molecular weight is 545 g/mol. The summed E-state index contributed by atoms with van der Waals surface area (Å²) < 4.78 is 11.4. The second kappa shape index (κ2) is 12.3. The zero-order chi connectivity index (χ0) is 28.9. The predicted octanol–water partition coefficient (Wildman–Crippen LogP) is 5.11. The van der Waals surface area contributed by atoms with Crippen LogP contribution in [-0.2, 0) is 25.7 Å². The molecule has 0 fully saturated rings. The molecular formula is C32H36N2O6. The number of aliphatic carboxylic acids is 1. The summed E-state index contributed by atoms with van der Waals surface area (Å²) in [5.74, 6) is -2.00. The molecule has 2 amide bonds. The van der Waals surface area contributed by atoms with Gasteiger partial charge in [-0.05, 0) is 40.2 Å². The monoisotopic (exact) mass is 544 g/mol. The minimum absolute atomic E-state index is 0.0977. The Hall–Kier alpha value is -4.17. The van der Waals surface area contributed by atoms with Gasteiger partial charge < -0.3 is 25.2 Å². The zero-order valence-corrected chi connectivity index (χ0v) is 23.2. The van der Waals surface area contributed by atoms with Crippen molar-refractivity contribution in [2.75, 3.05) is 6.61 Å². The first-order chi connectivity index (χ1) is 19.1. The number of fused-ring (bicyclic) bond motifs is 3. The Morgan fingerprint density at radius 2 is 1.40 bits per heavy atom. The van der Waals surface area contributed by atoms with Crippen LogP contribution < -0.4 is 10.6 Å². The van der Waals surface area contributed by atoms with Gasteiger partial charge in [0.25, 0.3) is 0 Å². The molecule has 0 saturated carbocycles. The van der Waals surface area contributed by atoms with Crippen molar-refractivity contribution >= 4 is 18.0 Å². The number of nitrogens with one attached hydrogen (secondary N) is 2. The van der Waals surface area contributed by atoms with Crippen molar-refractivity contribution < 1.29 is 29.0 Å². The van der Waals surface area contributed by atoms with Gasteiger partial charge in [0.2, 0.25) is 5.91 Å². The van der Waals surface area contributed by atoms with Gasteiger partial charge in [0.05, 0.1) is 12.7 Å². The maximum atomic E-state index is 13.3. The van der Waals surface area contributed by atoms with Gasteiger partial charge in [-0.2, -0.15) is 0 Å². The maximum Gasteiger partial charge on any atom is 0.407 e. The van der Waals surface area contributed by atoms with E-state index in [2.05, 4.69) is 22.8 Å². The van der Waals surface area contributed by atoms with E-state index in [1.165, 1.54) is 0 Å². The van der Waals surface area contributed by atoms with Crippen LogP contribution in [0.15, 0.2) is 78.9 Å². The van der Waals surface area contributed by atoms with Gasteiger partial charge in [0.15, 0.2) is 6.04 Å². The molecular weight excluding hydrogens is 508 g/mol. The molecule has 3 aromatic carbocycles. The largest absolute Gasteiger partial charge is 0.480 e. The number of carboxylic acid groups (broad SMARTS) is 1. The highest BCUT2D eigenvalue weighted by atomic mass is 16.5. The van der Waals surface area contributed by atoms with Crippen LogP contribution in [0.2, 0.25) is 0 Å². The van der Waals surface area contributed by atoms with Gasteiger partial charge in [0.1, 0.15) is 12.6 Å². The summed E-state index contributed by atoms with van der Waals surface area (Å²) in [4.78, 5) is 38.3. The summed E-state index contributed by atoms with van der Waals surface area (Å²) in [6.45, 7) is 7.24. The lowest BCUT2D eigenvalue weighted by molar-refractivity contribution is -0.147. The highest BCUT2D eigenvalue weighted by Gasteiger charge is 2.37. The Balaban J connectivity index is 1.40. The Kier molecular flexibility index (Phi) is 8.90. The number of hydrogen-bond donors (Lipinski definition) is 3. The Morgan fingerprint density at radius 3 is 1.95 bits per heavy atom. The van der Waals surface area contributed by atoms with E-state index in [1.807, 2.05) is 66.7 Å². The zero-order valence-electron chi connectivity index (χ0n) is 23.2. The standard InChI is InChI=1S/C32H36N2O6/c1-20(39-18-21-12-6-5-7-13-21)27(30(36)37)33-29(35)28(32(2,3)4)34-31(38)40-19-26-24-16-10-8-14-22(24)23-15-9-11-17-25(23)26/h5-17,20,26-28H,18-19H2,1-4H3,(H,33,35)(H,34,38)(H,36,37)/t20?,27?,28-/m1/s1. The van der Waals surface area contributed by atoms with Crippen molar-refractivity contribution in [3.05, 3.63) is 95.6 Å². The molecule has 2 unspecified atom stereocenters. The van der Waals surface area contributed by atoms with E-state index in [1.54, 1.807) is 27.7 Å². The van der Waals surface area contributed by atoms with Crippen LogP contribution in [0, 0.1) is 5.41 Å². The summed E-state index contributed by atoms with van der Waals surface area (Å²) in [6, 6.07) is 23.0. The number of carboxylic acids is 1. The summed E-state index contributed by atoms with van der Waals surface area (Å²) in [6.07, 6.45) is -1.58. The SMILES string of the molecule is CC(OCc1ccccc1)C(NC(=O)[C@@H](NC(=O)OCC1c2ccccc2-c2ccccc21)C(C)(C)C)C(=O)O. The molecule has 0 aliphatic heterocycles. The number of benzene rings is 3. The maximum absolute atomic E-state index is 13.3. The van der Waals surface area contributed by atoms with E-state index in [-0.39, 0.29) is 19.1 Å². The summed E-state index contributed by atoms with van der Waals surface area (Å²) >= 11 is 0. The van der Waals surface area contributed by atoms with Crippen molar-refractivity contribution in [3.8, 4) is 11.1 Å². The van der Waals surface area contributed by atoms with Gasteiger partial charge in [-0.3, -0.25) is 4.79 Å². The van der Waals surface area contributed by atoms with Gasteiger partial charge in [-0.1, -0.05) is 99.6 Å². The third-order valence-electron chi connectivity index (χ3n) is 7.12. The normalized spacial score (nSPS) is 14.8. The molecule has 0 spiro atoms. The molecule has 3 N–H and O–H groups in total. The van der Waals surface area contributed by atoms with Crippen LogP contribution in [0.25, 0.3) is 11.1 Å². The van der Waals surface area contributed by atoms with E-state index < -0.39 is 41.6 Å². The molecule has 3 atom stereocenters. The average Bonchev–Trinajstić information content (AvgIpc) is 3.25. The molecule has 40 heavy (non-hydrogen) atoms. The van der Waals surface area contributed by atoms with Crippen molar-refractivity contribution in [2.24, 2.45) is 5.41 Å². The number of carbonyl (C=O) groups is 3. The van der Waals surface area contributed by atoms with E-state index in [4.69, 9.17) is 9.47 Å². The topological polar surface area (TPSA) is 114 Å². The number of rotatable bonds is 10. The fourth-order valence-corrected chi connectivity index (χ4v) is 4.95. The molecule has 1 aliphatic carbocycles. The molecule has 0 heterocycles. The van der Waals surface area contributed by atoms with Gasteiger partial charge in [0, 0.05) is 5.92 Å². The molecule has 4 rings (SSSR count). The number of alkyl carbamates (subject to hydrolysis) is 1. The number of ether oxygens (including phenoxy) is 2. The van der Waals surface area contributed by atoms with Crippen LogP contribution >= 0.6 is 0 Å². The summed E-state index contributed by atoms with van der Waals surface area (Å²) in [7, 11) is 0. The van der Waals surface area contributed by atoms with E-state index in [9.17, 15) is 19.5 Å². The molecule has 0 saturated heterocycles. The first-order valence-electron chi connectivity index (χ1n) is 13.4. The Morgan fingerprint density at radius 1 is 0.850 bits per heavy atom. The van der Waals surface area contributed by atoms with Crippen molar-refractivity contribution in [1.82, 2.24) is 10.6 Å². The van der Waals surface area contributed by atoms with Crippen LogP contribution in [0.5, 0.6) is 0 Å². The molecule has 3 aromatic rings. The van der Waals surface area contributed by atoms with Crippen molar-refractivity contribution in [1.29, 1.82) is 0 Å². The summed E-state index contributed by atoms with van der Waals surface area (Å²) in [5.41, 5.74) is 4.54. The van der Waals surface area contributed by atoms with Crippen molar-refractivity contribution in [2.45, 2.75) is 58.4 Å². The first kappa shape index (κ1) is 28.8. The lowest BCUT2D eigenvalue weighted by Gasteiger charge is -2.32. The smallest absolute Gasteiger partial charge is 0.407 e. The fraction of sp³-hybridized carbons (Fsp3) is 0.344. The molecule has 0 aromatic heterocycles. The molecule has 0 radical (unpaired) electrons. The van der Waals surface area contributed by atoms with Crippen LogP contribution in [0.4, 0.5) is 4.79 Å². The van der Waals surface area contributed by atoms with Gasteiger partial charge in [-0.25, -0.2) is 9.59 Å². The van der Waals surface area contributed by atoms with Crippen LogP contribution in [0.1, 0.15) is 50.3 Å². The van der Waals surface area contributed by atoms with Gasteiger partial charge >= 0.3 is 12.1 Å². The van der Waals surface area contributed by atoms with Gasteiger partial charge in [-0.15, -0.1) is 0 Å². The van der Waals surface area contributed by atoms with E-state index in [0.29, 0.717) is 0 Å². The third-order valence-corrected chi connectivity index (χ3v) is 7.12. The Bertz CT molecular complexity index is 1310. The minimum atomic E-state index is -1.31. The first-order valence-corrected chi connectivity index (χ1v) is 13.4. The summed E-state index contributed by atoms with van der Waals surface area (Å²) in [5, 5.41) is 15.0. The molecule has 8 nitrogen and oxygen atoms in total. The second-order valence-electron chi connectivity index (χ2n) is 11.1. The van der Waals surface area contributed by atoms with Crippen LogP contribution in [0.3, 0.4) is 0 Å². The molecule has 8 heteroatoms. The molecule has 210 valence electrons. The number of amides is 2. The molecule has 1 aliphatic rings. The highest BCUT2D eigenvalue weighted by Crippen LogP contribution is 2.44. The van der Waals surface area contributed by atoms with E-state index in [0.717, 1.165) is 27.8 Å². The lowest BCUT2D eigenvalue weighted by Crippen LogP contribution is -2.58. The Labute approximate surface area is 234 Å². The molecule has 0 bridgehead atoms. The fourth-order valence-electron chi connectivity index (χ4n) is 4.95. The third kappa shape index (κ3) is 6.69. The lowest BCUT2D eigenvalue weighted by atomic mass is 9.86. The number of carbonyl (C=O) groups excluding carboxylic acids is 2. The highest BCUT2D eigenvalue weighted by molar-refractivity contribution is 5.90. The second-order valence-corrected chi connectivity index (χ2v) is 11.1. The van der Waals surface area contributed by atoms with Crippen LogP contribution in [-0.4, -0.2) is 47.9 Å². The predicted molar refractivity (Wildman–Crippen MR) is 152 cm³/mol. The number of hydrogen-bond acceptors (Lipinski definition) is 5.